The second-order valence-corrected chi connectivity index (χ2v) is 5.89. The molecule has 26 heavy (non-hydrogen) atoms. The minimum Gasteiger partial charge on any atom is -0.504 e. The van der Waals surface area contributed by atoms with Crippen LogP contribution in [0, 0.1) is 0 Å². The Kier molecular flexibility index (Phi) is 6.20. The third kappa shape index (κ3) is 3.24. The van der Waals surface area contributed by atoms with E-state index in [1.165, 1.54) is 47.7 Å². The average Bonchev–Trinajstić information content (AvgIpc) is 2.66. The van der Waals surface area contributed by atoms with Gasteiger partial charge in [-0.1, -0.05) is 0 Å². The van der Waals surface area contributed by atoms with Gasteiger partial charge in [0.2, 0.25) is 17.3 Å². The molecule has 0 fully saturated rings. The van der Waals surface area contributed by atoms with Crippen LogP contribution < -0.4 is 23.7 Å². The smallest absolute Gasteiger partial charge is 0.205 e. The van der Waals surface area contributed by atoms with Crippen molar-refractivity contribution in [3.8, 4) is 34.5 Å². The number of ketones is 1. The zero-order valence-corrected chi connectivity index (χ0v) is 16.6. The van der Waals surface area contributed by atoms with Crippen molar-refractivity contribution < 1.29 is 33.6 Å². The van der Waals surface area contributed by atoms with Crippen LogP contribution in [0.5, 0.6) is 34.5 Å². The van der Waals surface area contributed by atoms with Gasteiger partial charge in [-0.3, -0.25) is 4.79 Å². The number of hydrogen-bond donors (Lipinski definition) is 1. The lowest BCUT2D eigenvalue weighted by Crippen LogP contribution is -2.07. The van der Waals surface area contributed by atoms with Crippen LogP contribution in [0.3, 0.4) is 0 Å². The third-order valence-electron chi connectivity index (χ3n) is 3.77. The predicted molar refractivity (Wildman–Crippen MR) is 98.4 cm³/mol. The molecular formula is C18H19BrO7. The predicted octanol–water partition coefficient (Wildman–Crippen LogP) is 3.43. The SMILES string of the molecule is COc1ccc(C(=O)c2cc(Br)c(OC)c(OC)c2O)c(OC)c1OC. The summed E-state index contributed by atoms with van der Waals surface area (Å²) in [5.41, 5.74) is 0.208. The maximum atomic E-state index is 13.1. The van der Waals surface area contributed by atoms with E-state index in [1.807, 2.05) is 0 Å². The summed E-state index contributed by atoms with van der Waals surface area (Å²) in [5.74, 6) is 0.391. The molecule has 2 aromatic rings. The first-order valence-electron chi connectivity index (χ1n) is 7.42. The molecule has 0 spiro atoms. The molecule has 0 aliphatic rings. The summed E-state index contributed by atoms with van der Waals surface area (Å²) in [6.07, 6.45) is 0. The molecule has 0 atom stereocenters. The van der Waals surface area contributed by atoms with E-state index in [0.29, 0.717) is 10.2 Å². The highest BCUT2D eigenvalue weighted by molar-refractivity contribution is 9.10. The summed E-state index contributed by atoms with van der Waals surface area (Å²) in [6, 6.07) is 4.57. The second kappa shape index (κ2) is 8.18. The van der Waals surface area contributed by atoms with Crippen LogP contribution in [0.2, 0.25) is 0 Å². The van der Waals surface area contributed by atoms with E-state index >= 15 is 0 Å². The normalized spacial score (nSPS) is 10.2. The highest BCUT2D eigenvalue weighted by Crippen LogP contribution is 2.46. The van der Waals surface area contributed by atoms with E-state index in [0.717, 1.165) is 0 Å². The molecule has 2 rings (SSSR count). The Labute approximate surface area is 159 Å². The molecule has 0 heterocycles. The van der Waals surface area contributed by atoms with Crippen LogP contribution in [0.4, 0.5) is 0 Å². The van der Waals surface area contributed by atoms with Crippen molar-refractivity contribution in [1.29, 1.82) is 0 Å². The summed E-state index contributed by atoms with van der Waals surface area (Å²) < 4.78 is 26.7. The quantitative estimate of drug-likeness (QED) is 0.678. The minimum absolute atomic E-state index is 0.0139. The standard InChI is InChI=1S/C18H19BrO7/c1-22-12-7-6-9(15(23-2)17(12)25-4)13(20)10-8-11(19)16(24-3)18(26-5)14(10)21/h6-8,21H,1-5H3. The number of rotatable bonds is 7. The number of hydrogen-bond acceptors (Lipinski definition) is 7. The van der Waals surface area contributed by atoms with Crippen LogP contribution >= 0.6 is 15.9 Å². The van der Waals surface area contributed by atoms with Gasteiger partial charge in [0.1, 0.15) is 0 Å². The van der Waals surface area contributed by atoms with Gasteiger partial charge in [0.25, 0.3) is 0 Å². The van der Waals surface area contributed by atoms with Crippen molar-refractivity contribution in [3.63, 3.8) is 0 Å². The third-order valence-corrected chi connectivity index (χ3v) is 4.36. The highest BCUT2D eigenvalue weighted by atomic mass is 79.9. The minimum atomic E-state index is -0.484. The van der Waals surface area contributed by atoms with Gasteiger partial charge >= 0.3 is 0 Å². The first kappa shape index (κ1) is 19.7. The Morgan fingerprint density at radius 1 is 0.808 bits per heavy atom. The topological polar surface area (TPSA) is 83.5 Å². The number of phenols is 1. The fraction of sp³-hybridized carbons (Fsp3) is 0.278. The lowest BCUT2D eigenvalue weighted by molar-refractivity contribution is 0.103. The number of ether oxygens (including phenoxy) is 5. The molecule has 0 amide bonds. The Morgan fingerprint density at radius 3 is 1.88 bits per heavy atom. The van der Waals surface area contributed by atoms with Crippen LogP contribution in [-0.4, -0.2) is 46.4 Å². The number of benzene rings is 2. The summed E-state index contributed by atoms with van der Waals surface area (Å²) in [6.45, 7) is 0. The van der Waals surface area contributed by atoms with Crippen molar-refractivity contribution in [2.75, 3.05) is 35.5 Å². The number of carbonyl (C=O) groups is 1. The summed E-state index contributed by atoms with van der Waals surface area (Å²) in [7, 11) is 7.14. The summed E-state index contributed by atoms with van der Waals surface area (Å²) in [4.78, 5) is 13.1. The Bertz CT molecular complexity index is 833. The molecule has 0 aliphatic heterocycles. The lowest BCUT2D eigenvalue weighted by Gasteiger charge is -2.17. The molecule has 8 heteroatoms. The van der Waals surface area contributed by atoms with Crippen LogP contribution in [0.25, 0.3) is 0 Å². The largest absolute Gasteiger partial charge is 0.504 e. The molecule has 7 nitrogen and oxygen atoms in total. The number of carbonyl (C=O) groups excluding carboxylic acids is 1. The van der Waals surface area contributed by atoms with E-state index < -0.39 is 5.78 Å². The molecule has 0 saturated carbocycles. The maximum absolute atomic E-state index is 13.1. The molecule has 2 aromatic carbocycles. The van der Waals surface area contributed by atoms with Crippen LogP contribution in [0.15, 0.2) is 22.7 Å². The van der Waals surface area contributed by atoms with Crippen LogP contribution in [-0.2, 0) is 0 Å². The second-order valence-electron chi connectivity index (χ2n) is 5.03. The molecule has 0 aromatic heterocycles. The van der Waals surface area contributed by atoms with E-state index in [2.05, 4.69) is 15.9 Å². The van der Waals surface area contributed by atoms with Crippen LogP contribution in [0.1, 0.15) is 15.9 Å². The van der Waals surface area contributed by atoms with Gasteiger partial charge in [-0.2, -0.15) is 0 Å². The van der Waals surface area contributed by atoms with Gasteiger partial charge in [-0.15, -0.1) is 0 Å². The number of phenolic OH excluding ortho intramolecular Hbond substituents is 1. The zero-order chi connectivity index (χ0) is 19.4. The van der Waals surface area contributed by atoms with Crippen molar-refractivity contribution in [2.24, 2.45) is 0 Å². The molecule has 0 radical (unpaired) electrons. The van der Waals surface area contributed by atoms with Crippen molar-refractivity contribution in [3.05, 3.63) is 33.8 Å². The highest BCUT2D eigenvalue weighted by Gasteiger charge is 2.27. The van der Waals surface area contributed by atoms with Gasteiger partial charge in [0, 0.05) is 0 Å². The first-order chi connectivity index (χ1) is 12.4. The van der Waals surface area contributed by atoms with E-state index in [4.69, 9.17) is 23.7 Å². The van der Waals surface area contributed by atoms with Gasteiger partial charge in [-0.25, -0.2) is 0 Å². The number of methoxy groups -OCH3 is 5. The van der Waals surface area contributed by atoms with Gasteiger partial charge in [0.15, 0.2) is 23.0 Å². The Balaban J connectivity index is 2.69. The van der Waals surface area contributed by atoms with E-state index in [1.54, 1.807) is 6.07 Å². The molecule has 0 unspecified atom stereocenters. The van der Waals surface area contributed by atoms with Crippen molar-refractivity contribution in [2.45, 2.75) is 0 Å². The molecule has 0 bridgehead atoms. The molecule has 140 valence electrons. The first-order valence-corrected chi connectivity index (χ1v) is 8.21. The fourth-order valence-corrected chi connectivity index (χ4v) is 3.15. The van der Waals surface area contributed by atoms with Gasteiger partial charge < -0.3 is 28.8 Å². The summed E-state index contributed by atoms with van der Waals surface area (Å²) >= 11 is 3.32. The maximum Gasteiger partial charge on any atom is 0.205 e. The van der Waals surface area contributed by atoms with Gasteiger partial charge in [-0.05, 0) is 34.1 Å². The Hall–Kier alpha value is -2.61. The van der Waals surface area contributed by atoms with E-state index in [9.17, 15) is 9.90 Å². The molecule has 0 aliphatic carbocycles. The zero-order valence-electron chi connectivity index (χ0n) is 15.0. The van der Waals surface area contributed by atoms with Gasteiger partial charge in [0.05, 0.1) is 51.1 Å². The molecule has 1 N–H and O–H groups in total. The summed E-state index contributed by atoms with van der Waals surface area (Å²) in [5, 5.41) is 10.5. The average molecular weight is 427 g/mol. The molecule has 0 saturated heterocycles. The lowest BCUT2D eigenvalue weighted by atomic mass is 10.00. The Morgan fingerprint density at radius 2 is 1.38 bits per heavy atom. The van der Waals surface area contributed by atoms with Crippen molar-refractivity contribution in [1.82, 2.24) is 0 Å². The monoisotopic (exact) mass is 426 g/mol. The van der Waals surface area contributed by atoms with Crippen molar-refractivity contribution >= 4 is 21.7 Å². The molecular weight excluding hydrogens is 408 g/mol. The van der Waals surface area contributed by atoms with E-state index in [-0.39, 0.29) is 39.9 Å². The number of aromatic hydroxyl groups is 1. The number of halogens is 1. The fourth-order valence-electron chi connectivity index (χ4n) is 2.58.